The van der Waals surface area contributed by atoms with E-state index in [4.69, 9.17) is 14.2 Å². The number of benzene rings is 2. The van der Waals surface area contributed by atoms with Crippen molar-refractivity contribution in [3.63, 3.8) is 0 Å². The standard InChI is InChI=1S/C38H60N4O8/c1-7-9-17-31(36(45)41-32(22-26(3)4)34(43)24-35(44)39-25-27(5)8-2)40-37(46)33(42-38(47)50-21-20-49-19-18-48-6)23-29-15-12-14-28-13-10-11-16-30(28)29/h10-16,26-27,31-34,43H,7-9,17-25H2,1-6H3,(H,39,44)(H,40,46)(H,41,45)(H,42,47)/t27?,31-,32?,33-,34?/m0/s1. The van der Waals surface area contributed by atoms with Crippen LogP contribution in [0.3, 0.4) is 0 Å². The number of ether oxygens (including phenoxy) is 3. The van der Waals surface area contributed by atoms with Gasteiger partial charge < -0.3 is 40.6 Å². The summed E-state index contributed by atoms with van der Waals surface area (Å²) in [6.45, 7) is 11.4. The first-order chi connectivity index (χ1) is 24.0. The van der Waals surface area contributed by atoms with Crippen molar-refractivity contribution >= 4 is 34.6 Å². The number of aliphatic hydroxyl groups excluding tert-OH is 1. The Hall–Kier alpha value is -3.74. The van der Waals surface area contributed by atoms with Crippen LogP contribution in [0.5, 0.6) is 0 Å². The van der Waals surface area contributed by atoms with Gasteiger partial charge in [0.15, 0.2) is 0 Å². The van der Waals surface area contributed by atoms with E-state index in [-0.39, 0.29) is 37.9 Å². The number of methoxy groups -OCH3 is 1. The Labute approximate surface area is 297 Å². The molecule has 5 N–H and O–H groups in total. The number of fused-ring (bicyclic) bond motifs is 1. The number of amides is 4. The van der Waals surface area contributed by atoms with Crippen LogP contribution in [0.4, 0.5) is 4.79 Å². The van der Waals surface area contributed by atoms with E-state index < -0.39 is 42.1 Å². The first-order valence-electron chi connectivity index (χ1n) is 18.0. The van der Waals surface area contributed by atoms with Crippen molar-refractivity contribution < 1.29 is 38.5 Å². The molecule has 2 rings (SSSR count). The molecular formula is C38H60N4O8. The number of hydrogen-bond acceptors (Lipinski definition) is 8. The van der Waals surface area contributed by atoms with Gasteiger partial charge in [0.05, 0.1) is 38.4 Å². The molecule has 12 nitrogen and oxygen atoms in total. The molecule has 3 unspecified atom stereocenters. The molecular weight excluding hydrogens is 640 g/mol. The lowest BCUT2D eigenvalue weighted by atomic mass is 9.96. The average molecular weight is 701 g/mol. The Kier molecular flexibility index (Phi) is 20.0. The predicted octanol–water partition coefficient (Wildman–Crippen LogP) is 4.26. The van der Waals surface area contributed by atoms with Crippen LogP contribution in [0.2, 0.25) is 0 Å². The third kappa shape index (κ3) is 15.9. The normalized spacial score (nSPS) is 14.3. The first kappa shape index (κ1) is 42.4. The summed E-state index contributed by atoms with van der Waals surface area (Å²) in [5.74, 6) is -0.866. The highest BCUT2D eigenvalue weighted by Gasteiger charge is 2.31. The lowest BCUT2D eigenvalue weighted by Crippen LogP contribution is -2.57. The van der Waals surface area contributed by atoms with E-state index in [0.29, 0.717) is 44.9 Å². The molecule has 280 valence electrons. The summed E-state index contributed by atoms with van der Waals surface area (Å²) < 4.78 is 15.6. The van der Waals surface area contributed by atoms with Crippen molar-refractivity contribution in [1.82, 2.24) is 21.3 Å². The van der Waals surface area contributed by atoms with Gasteiger partial charge in [-0.3, -0.25) is 14.4 Å². The summed E-state index contributed by atoms with van der Waals surface area (Å²) in [5.41, 5.74) is 0.840. The van der Waals surface area contributed by atoms with Gasteiger partial charge in [0.1, 0.15) is 18.7 Å². The van der Waals surface area contributed by atoms with Crippen LogP contribution in [-0.4, -0.2) is 93.2 Å². The maximum atomic E-state index is 13.9. The Morgan fingerprint density at radius 1 is 0.840 bits per heavy atom. The van der Waals surface area contributed by atoms with Crippen molar-refractivity contribution in [2.24, 2.45) is 11.8 Å². The van der Waals surface area contributed by atoms with Crippen LogP contribution in [0, 0.1) is 11.8 Å². The van der Waals surface area contributed by atoms with Gasteiger partial charge in [-0.2, -0.15) is 0 Å². The Bertz CT molecular complexity index is 1320. The maximum Gasteiger partial charge on any atom is 0.407 e. The number of carbonyl (C=O) groups is 4. The fourth-order valence-electron chi connectivity index (χ4n) is 5.41. The molecule has 0 bridgehead atoms. The molecule has 0 aliphatic heterocycles. The number of aliphatic hydroxyl groups is 1. The smallest absolute Gasteiger partial charge is 0.407 e. The van der Waals surface area contributed by atoms with E-state index in [0.717, 1.165) is 29.2 Å². The summed E-state index contributed by atoms with van der Waals surface area (Å²) in [6.07, 6.45) is 1.22. The molecule has 12 heteroatoms. The molecule has 0 spiro atoms. The van der Waals surface area contributed by atoms with Gasteiger partial charge in [-0.15, -0.1) is 0 Å². The van der Waals surface area contributed by atoms with Crippen LogP contribution in [0.1, 0.15) is 78.7 Å². The topological polar surface area (TPSA) is 164 Å². The van der Waals surface area contributed by atoms with Gasteiger partial charge in [0.2, 0.25) is 17.7 Å². The second-order valence-corrected chi connectivity index (χ2v) is 13.3. The third-order valence-corrected chi connectivity index (χ3v) is 8.54. The van der Waals surface area contributed by atoms with Gasteiger partial charge in [-0.1, -0.05) is 96.3 Å². The van der Waals surface area contributed by atoms with E-state index in [1.807, 2.05) is 77.1 Å². The molecule has 50 heavy (non-hydrogen) atoms. The molecule has 0 fully saturated rings. The largest absolute Gasteiger partial charge is 0.447 e. The predicted molar refractivity (Wildman–Crippen MR) is 195 cm³/mol. The molecule has 0 aromatic heterocycles. The van der Waals surface area contributed by atoms with Gasteiger partial charge in [-0.05, 0) is 41.0 Å². The lowest BCUT2D eigenvalue weighted by Gasteiger charge is -2.29. The molecule has 2 aromatic rings. The molecule has 0 saturated heterocycles. The van der Waals surface area contributed by atoms with Gasteiger partial charge in [0.25, 0.3) is 0 Å². The zero-order valence-electron chi connectivity index (χ0n) is 30.8. The average Bonchev–Trinajstić information content (AvgIpc) is 3.09. The molecule has 4 amide bonds. The minimum Gasteiger partial charge on any atom is -0.447 e. The minimum atomic E-state index is -1.12. The monoisotopic (exact) mass is 700 g/mol. The molecule has 2 aromatic carbocycles. The highest BCUT2D eigenvalue weighted by molar-refractivity contribution is 5.92. The van der Waals surface area contributed by atoms with E-state index in [9.17, 15) is 24.3 Å². The van der Waals surface area contributed by atoms with Crippen molar-refractivity contribution in [2.45, 2.75) is 104 Å². The highest BCUT2D eigenvalue weighted by atomic mass is 16.6. The molecule has 5 atom stereocenters. The van der Waals surface area contributed by atoms with Crippen molar-refractivity contribution in [3.05, 3.63) is 48.0 Å². The SMILES string of the molecule is CCCC[C@H](NC(=O)[C@H](Cc1cccc2ccccc12)NC(=O)OCCOCCOC)C(=O)NC(CC(C)C)C(O)CC(=O)NCC(C)CC. The fourth-order valence-corrected chi connectivity index (χ4v) is 5.41. The number of alkyl carbamates (subject to hydrolysis) is 1. The zero-order valence-corrected chi connectivity index (χ0v) is 30.8. The molecule has 0 radical (unpaired) electrons. The number of carbonyl (C=O) groups excluding carboxylic acids is 4. The van der Waals surface area contributed by atoms with Gasteiger partial charge >= 0.3 is 6.09 Å². The van der Waals surface area contributed by atoms with E-state index >= 15 is 0 Å². The van der Waals surface area contributed by atoms with Crippen LogP contribution in [0.25, 0.3) is 10.8 Å². The second kappa shape index (κ2) is 23.6. The minimum absolute atomic E-state index is 0.0189. The van der Waals surface area contributed by atoms with Crippen LogP contribution in [0.15, 0.2) is 42.5 Å². The van der Waals surface area contributed by atoms with Crippen LogP contribution < -0.4 is 21.3 Å². The van der Waals surface area contributed by atoms with Crippen molar-refractivity contribution in [1.29, 1.82) is 0 Å². The summed E-state index contributed by atoms with van der Waals surface area (Å²) in [6, 6.07) is 10.8. The van der Waals surface area contributed by atoms with E-state index in [1.54, 1.807) is 7.11 Å². The quantitative estimate of drug-likeness (QED) is 0.101. The first-order valence-corrected chi connectivity index (χ1v) is 18.0. The summed E-state index contributed by atoms with van der Waals surface area (Å²) in [4.78, 5) is 53.2. The van der Waals surface area contributed by atoms with Gasteiger partial charge in [-0.25, -0.2) is 4.79 Å². The number of hydrogen-bond donors (Lipinski definition) is 5. The molecule has 0 aliphatic rings. The summed E-state index contributed by atoms with van der Waals surface area (Å²) >= 11 is 0. The van der Waals surface area contributed by atoms with Crippen LogP contribution in [-0.2, 0) is 35.0 Å². The molecule has 0 heterocycles. The van der Waals surface area contributed by atoms with E-state index in [1.165, 1.54) is 0 Å². The van der Waals surface area contributed by atoms with Crippen molar-refractivity contribution in [2.75, 3.05) is 40.1 Å². The summed E-state index contributed by atoms with van der Waals surface area (Å²) in [5, 5.41) is 24.4. The van der Waals surface area contributed by atoms with Crippen LogP contribution >= 0.6 is 0 Å². The summed E-state index contributed by atoms with van der Waals surface area (Å²) in [7, 11) is 1.56. The second-order valence-electron chi connectivity index (χ2n) is 13.3. The maximum absolute atomic E-state index is 13.9. The zero-order chi connectivity index (χ0) is 36.9. The Balaban J connectivity index is 2.23. The number of unbranched alkanes of at least 4 members (excludes halogenated alkanes) is 1. The number of rotatable bonds is 24. The lowest BCUT2D eigenvalue weighted by molar-refractivity contribution is -0.131. The van der Waals surface area contributed by atoms with Crippen molar-refractivity contribution in [3.8, 4) is 0 Å². The highest BCUT2D eigenvalue weighted by Crippen LogP contribution is 2.20. The molecule has 0 aliphatic carbocycles. The number of nitrogens with one attached hydrogen (secondary N) is 4. The Morgan fingerprint density at radius 2 is 1.54 bits per heavy atom. The van der Waals surface area contributed by atoms with Gasteiger partial charge in [0, 0.05) is 20.1 Å². The molecule has 0 saturated carbocycles. The van der Waals surface area contributed by atoms with E-state index in [2.05, 4.69) is 21.3 Å². The Morgan fingerprint density at radius 3 is 2.24 bits per heavy atom. The third-order valence-electron chi connectivity index (χ3n) is 8.54. The fraction of sp³-hybridized carbons (Fsp3) is 0.632.